The van der Waals surface area contributed by atoms with Crippen LogP contribution in [0.3, 0.4) is 0 Å². The molecule has 2 heteroatoms. The zero-order valence-corrected chi connectivity index (χ0v) is 7.29. The minimum Gasteiger partial charge on any atom is -0.500 e. The number of nitrogens with one attached hydrogen (secondary N) is 1. The van der Waals surface area contributed by atoms with Gasteiger partial charge in [0.2, 0.25) is 0 Å². The van der Waals surface area contributed by atoms with E-state index in [0.717, 1.165) is 13.2 Å². The zero-order valence-electron chi connectivity index (χ0n) is 7.29. The highest BCUT2D eigenvalue weighted by Crippen LogP contribution is 2.40. The van der Waals surface area contributed by atoms with Crippen LogP contribution in [0.2, 0.25) is 0 Å². The molecule has 1 N–H and O–H groups in total. The predicted octanol–water partition coefficient (Wildman–Crippen LogP) is 1.89. The molecule has 2 nitrogen and oxygen atoms in total. The lowest BCUT2D eigenvalue weighted by molar-refractivity contribution is 0.237. The second-order valence-corrected chi connectivity index (χ2v) is 3.67. The zero-order chi connectivity index (χ0) is 8.73. The Morgan fingerprint density at radius 3 is 3.08 bits per heavy atom. The van der Waals surface area contributed by atoms with Crippen molar-refractivity contribution in [2.45, 2.75) is 5.41 Å². The van der Waals surface area contributed by atoms with Gasteiger partial charge in [-0.1, -0.05) is 18.2 Å². The van der Waals surface area contributed by atoms with E-state index in [9.17, 15) is 0 Å². The lowest BCUT2D eigenvalue weighted by Gasteiger charge is -2.18. The molecule has 1 aromatic carbocycles. The third kappa shape index (κ3) is 0.829. The summed E-state index contributed by atoms with van der Waals surface area (Å²) in [6.07, 6.45) is 3.97. The van der Waals surface area contributed by atoms with E-state index < -0.39 is 0 Å². The first kappa shape index (κ1) is 7.01. The molecule has 3 rings (SSSR count). The lowest BCUT2D eigenvalue weighted by atomic mass is 9.84. The molecule has 1 spiro atoms. The van der Waals surface area contributed by atoms with Gasteiger partial charge >= 0.3 is 0 Å². The summed E-state index contributed by atoms with van der Waals surface area (Å²) in [6, 6.07) is 8.44. The molecule has 0 radical (unpaired) electrons. The molecule has 0 fully saturated rings. The molecular formula is C11H11NO. The third-order valence-electron chi connectivity index (χ3n) is 2.88. The summed E-state index contributed by atoms with van der Waals surface area (Å²) in [7, 11) is 0. The normalized spacial score (nSPS) is 28.6. The SMILES string of the molecule is C1=CC2(CNc3ccccc32)CO1. The fourth-order valence-corrected chi connectivity index (χ4v) is 2.12. The minimum absolute atomic E-state index is 0.108. The number of rotatable bonds is 0. The topological polar surface area (TPSA) is 21.3 Å². The van der Waals surface area contributed by atoms with Gasteiger partial charge in [-0.3, -0.25) is 0 Å². The number of anilines is 1. The fraction of sp³-hybridized carbons (Fsp3) is 0.273. The minimum atomic E-state index is 0.108. The molecule has 0 saturated carbocycles. The van der Waals surface area contributed by atoms with Crippen molar-refractivity contribution in [1.29, 1.82) is 0 Å². The highest BCUT2D eigenvalue weighted by molar-refractivity contribution is 5.62. The van der Waals surface area contributed by atoms with Crippen molar-refractivity contribution in [2.75, 3.05) is 18.5 Å². The van der Waals surface area contributed by atoms with Crippen LogP contribution in [0, 0.1) is 0 Å². The number of benzene rings is 1. The first-order valence-corrected chi connectivity index (χ1v) is 4.53. The Balaban J connectivity index is 2.16. The second-order valence-electron chi connectivity index (χ2n) is 3.67. The van der Waals surface area contributed by atoms with E-state index in [4.69, 9.17) is 4.74 Å². The Labute approximate surface area is 77.2 Å². The average Bonchev–Trinajstić information content (AvgIpc) is 2.78. The van der Waals surface area contributed by atoms with Crippen LogP contribution < -0.4 is 5.32 Å². The van der Waals surface area contributed by atoms with E-state index in [1.165, 1.54) is 11.3 Å². The van der Waals surface area contributed by atoms with E-state index in [1.54, 1.807) is 0 Å². The highest BCUT2D eigenvalue weighted by atomic mass is 16.5. The third-order valence-corrected chi connectivity index (χ3v) is 2.88. The number of ether oxygens (including phenoxy) is 1. The van der Waals surface area contributed by atoms with Gasteiger partial charge < -0.3 is 10.1 Å². The van der Waals surface area contributed by atoms with Crippen molar-refractivity contribution in [3.05, 3.63) is 42.2 Å². The van der Waals surface area contributed by atoms with Gasteiger partial charge in [-0.05, 0) is 17.7 Å². The van der Waals surface area contributed by atoms with Gasteiger partial charge in [-0.25, -0.2) is 0 Å². The van der Waals surface area contributed by atoms with Crippen LogP contribution in [0.1, 0.15) is 5.56 Å². The van der Waals surface area contributed by atoms with E-state index in [2.05, 4.69) is 35.7 Å². The van der Waals surface area contributed by atoms with Crippen molar-refractivity contribution in [3.63, 3.8) is 0 Å². The van der Waals surface area contributed by atoms with Crippen LogP contribution >= 0.6 is 0 Å². The van der Waals surface area contributed by atoms with Gasteiger partial charge in [-0.15, -0.1) is 0 Å². The molecule has 0 aliphatic carbocycles. The smallest absolute Gasteiger partial charge is 0.102 e. The summed E-state index contributed by atoms with van der Waals surface area (Å²) in [4.78, 5) is 0. The number of fused-ring (bicyclic) bond motifs is 2. The average molecular weight is 173 g/mol. The van der Waals surface area contributed by atoms with Crippen LogP contribution in [0.5, 0.6) is 0 Å². The van der Waals surface area contributed by atoms with Crippen molar-refractivity contribution >= 4 is 5.69 Å². The summed E-state index contributed by atoms with van der Waals surface area (Å²) in [5.41, 5.74) is 2.72. The van der Waals surface area contributed by atoms with E-state index >= 15 is 0 Å². The van der Waals surface area contributed by atoms with E-state index in [-0.39, 0.29) is 5.41 Å². The number of para-hydroxylation sites is 1. The summed E-state index contributed by atoms with van der Waals surface area (Å²) in [5, 5.41) is 3.40. The Hall–Kier alpha value is -1.44. The Bertz CT molecular complexity index is 372. The monoisotopic (exact) mass is 173 g/mol. The van der Waals surface area contributed by atoms with Crippen LogP contribution in [0.4, 0.5) is 5.69 Å². The van der Waals surface area contributed by atoms with Crippen molar-refractivity contribution < 1.29 is 4.74 Å². The van der Waals surface area contributed by atoms with Crippen LogP contribution in [0.25, 0.3) is 0 Å². The van der Waals surface area contributed by atoms with Gasteiger partial charge in [0.15, 0.2) is 0 Å². The lowest BCUT2D eigenvalue weighted by Crippen LogP contribution is -2.27. The van der Waals surface area contributed by atoms with Crippen molar-refractivity contribution in [2.24, 2.45) is 0 Å². The largest absolute Gasteiger partial charge is 0.500 e. The first-order chi connectivity index (χ1) is 6.41. The first-order valence-electron chi connectivity index (χ1n) is 4.53. The number of hydrogen-bond acceptors (Lipinski definition) is 2. The van der Waals surface area contributed by atoms with Gasteiger partial charge in [0.1, 0.15) is 6.61 Å². The van der Waals surface area contributed by atoms with Gasteiger partial charge in [-0.2, -0.15) is 0 Å². The predicted molar refractivity (Wildman–Crippen MR) is 51.7 cm³/mol. The van der Waals surface area contributed by atoms with E-state index in [1.807, 2.05) is 6.26 Å². The molecule has 66 valence electrons. The van der Waals surface area contributed by atoms with Gasteiger partial charge in [0.05, 0.1) is 11.7 Å². The molecule has 2 aliphatic heterocycles. The van der Waals surface area contributed by atoms with Crippen LogP contribution in [-0.4, -0.2) is 13.2 Å². The highest BCUT2D eigenvalue weighted by Gasteiger charge is 2.39. The Kier molecular flexibility index (Phi) is 1.23. The van der Waals surface area contributed by atoms with Crippen LogP contribution in [0.15, 0.2) is 36.6 Å². The standard InChI is InChI=1S/C11H11NO/c1-2-4-10-9(3-1)11(7-12-10)5-6-13-8-11/h1-6,12H,7-8H2. The second kappa shape index (κ2) is 2.28. The molecule has 2 aliphatic rings. The molecule has 1 atom stereocenters. The molecule has 0 bridgehead atoms. The summed E-state index contributed by atoms with van der Waals surface area (Å²) >= 11 is 0. The summed E-state index contributed by atoms with van der Waals surface area (Å²) < 4.78 is 5.32. The fourth-order valence-electron chi connectivity index (χ4n) is 2.12. The van der Waals surface area contributed by atoms with Gasteiger partial charge in [0.25, 0.3) is 0 Å². The number of hydrogen-bond donors (Lipinski definition) is 1. The Morgan fingerprint density at radius 1 is 1.31 bits per heavy atom. The van der Waals surface area contributed by atoms with E-state index in [0.29, 0.717) is 0 Å². The summed E-state index contributed by atoms with van der Waals surface area (Å²) in [6.45, 7) is 1.74. The molecule has 0 saturated heterocycles. The quantitative estimate of drug-likeness (QED) is 0.647. The molecular weight excluding hydrogens is 162 g/mol. The molecule has 13 heavy (non-hydrogen) atoms. The Morgan fingerprint density at radius 2 is 2.23 bits per heavy atom. The maximum absolute atomic E-state index is 5.32. The van der Waals surface area contributed by atoms with Gasteiger partial charge in [0, 0.05) is 12.2 Å². The molecule has 1 unspecified atom stereocenters. The molecule has 0 amide bonds. The maximum atomic E-state index is 5.32. The van der Waals surface area contributed by atoms with Crippen molar-refractivity contribution in [1.82, 2.24) is 0 Å². The molecule has 2 heterocycles. The van der Waals surface area contributed by atoms with Crippen molar-refractivity contribution in [3.8, 4) is 0 Å². The summed E-state index contributed by atoms with van der Waals surface area (Å²) in [5.74, 6) is 0. The molecule has 0 aromatic heterocycles. The molecule has 1 aromatic rings. The maximum Gasteiger partial charge on any atom is 0.102 e. The van der Waals surface area contributed by atoms with Crippen LogP contribution in [-0.2, 0) is 10.2 Å².